The average molecular weight is 243 g/mol. The zero-order chi connectivity index (χ0) is 11.0. The molecule has 2 atom stereocenters. The summed E-state index contributed by atoms with van der Waals surface area (Å²) < 4.78 is 0. The van der Waals surface area contributed by atoms with E-state index in [-0.39, 0.29) is 12.3 Å². The number of nitriles is 1. The lowest BCUT2D eigenvalue weighted by Gasteiger charge is -2.07. The number of nitrogens with zero attached hydrogens (tertiary/aromatic N) is 1. The Bertz CT molecular complexity index is 211. The van der Waals surface area contributed by atoms with Gasteiger partial charge in [0.2, 0.25) is 0 Å². The summed E-state index contributed by atoms with van der Waals surface area (Å²) in [6, 6.07) is 0. The lowest BCUT2D eigenvalue weighted by Crippen LogP contribution is -2.39. The summed E-state index contributed by atoms with van der Waals surface area (Å²) in [7, 11) is 0. The maximum absolute atomic E-state index is 9.77. The molecular formula is C5H13N3O6S. The minimum absolute atomic E-state index is 0. The number of thiocyanates is 1. The van der Waals surface area contributed by atoms with Crippen molar-refractivity contribution in [1.29, 1.82) is 5.26 Å². The van der Waals surface area contributed by atoms with E-state index in [2.05, 4.69) is 12.6 Å². The maximum Gasteiger partial charge on any atom is 0.335 e. The average Bonchev–Trinajstić information content (AvgIpc) is 2.03. The molecule has 0 heterocycles. The Morgan fingerprint density at radius 1 is 1.07 bits per heavy atom. The Labute approximate surface area is 90.5 Å². The Balaban J connectivity index is -0.000000108. The molecule has 0 radical (unpaired) electrons. The van der Waals surface area contributed by atoms with Crippen LogP contribution in [0, 0.1) is 10.7 Å². The number of carboxylic acids is 2. The highest BCUT2D eigenvalue weighted by atomic mass is 32.1. The van der Waals surface area contributed by atoms with Crippen LogP contribution >= 0.6 is 12.6 Å². The van der Waals surface area contributed by atoms with Crippen molar-refractivity contribution in [2.45, 2.75) is 12.2 Å². The maximum atomic E-state index is 9.77. The molecule has 0 amide bonds. The van der Waals surface area contributed by atoms with Crippen molar-refractivity contribution in [1.82, 2.24) is 12.3 Å². The van der Waals surface area contributed by atoms with Crippen molar-refractivity contribution in [3.63, 3.8) is 0 Å². The first kappa shape index (κ1) is 23.4. The van der Waals surface area contributed by atoms with Gasteiger partial charge in [0.05, 0.1) is 0 Å². The topological polar surface area (TPSA) is 209 Å². The lowest BCUT2D eigenvalue weighted by atomic mass is 10.2. The molecule has 10 N–H and O–H groups in total. The predicted octanol–water partition coefficient (Wildman–Crippen LogP) is -1.40. The normalized spacial score (nSPS) is 11.1. The fourth-order valence-electron chi connectivity index (χ4n) is 0.270. The van der Waals surface area contributed by atoms with Crippen LogP contribution in [0.2, 0.25) is 0 Å². The van der Waals surface area contributed by atoms with Crippen molar-refractivity contribution in [2.24, 2.45) is 0 Å². The molecule has 0 aromatic heterocycles. The van der Waals surface area contributed by atoms with Crippen molar-refractivity contribution in [2.75, 3.05) is 0 Å². The Morgan fingerprint density at radius 2 is 1.20 bits per heavy atom. The molecule has 90 valence electrons. The summed E-state index contributed by atoms with van der Waals surface area (Å²) in [4.78, 5) is 19.5. The van der Waals surface area contributed by atoms with E-state index in [1.807, 2.05) is 0 Å². The van der Waals surface area contributed by atoms with E-state index in [1.165, 1.54) is 5.40 Å². The molecule has 15 heavy (non-hydrogen) atoms. The van der Waals surface area contributed by atoms with Gasteiger partial charge in [-0.05, 0) is 0 Å². The zero-order valence-corrected chi connectivity index (χ0v) is 8.46. The van der Waals surface area contributed by atoms with Crippen LogP contribution in [-0.4, -0.2) is 44.6 Å². The molecule has 0 bridgehead atoms. The number of rotatable bonds is 3. The molecule has 0 fully saturated rings. The number of hydrogen-bond donors (Lipinski definition) is 7. The van der Waals surface area contributed by atoms with Gasteiger partial charge in [0.25, 0.3) is 0 Å². The predicted molar refractivity (Wildman–Crippen MR) is 51.9 cm³/mol. The van der Waals surface area contributed by atoms with E-state index in [0.717, 1.165) is 0 Å². The fraction of sp³-hybridized carbons (Fsp3) is 0.400. The van der Waals surface area contributed by atoms with Crippen LogP contribution in [0.15, 0.2) is 0 Å². The monoisotopic (exact) mass is 243 g/mol. The van der Waals surface area contributed by atoms with Gasteiger partial charge in [-0.2, -0.15) is 5.26 Å². The van der Waals surface area contributed by atoms with Crippen LogP contribution in [-0.2, 0) is 9.59 Å². The van der Waals surface area contributed by atoms with E-state index in [0.29, 0.717) is 0 Å². The van der Waals surface area contributed by atoms with Gasteiger partial charge in [0.1, 0.15) is 5.40 Å². The second-order valence-electron chi connectivity index (χ2n) is 1.67. The molecule has 0 saturated carbocycles. The third-order valence-electron chi connectivity index (χ3n) is 0.805. The number of aliphatic carboxylic acids is 2. The van der Waals surface area contributed by atoms with Crippen LogP contribution < -0.4 is 12.3 Å². The van der Waals surface area contributed by atoms with E-state index in [9.17, 15) is 9.59 Å². The molecule has 10 heteroatoms. The molecule has 2 unspecified atom stereocenters. The molecule has 0 aliphatic carbocycles. The van der Waals surface area contributed by atoms with Crippen LogP contribution in [0.1, 0.15) is 0 Å². The van der Waals surface area contributed by atoms with Crippen molar-refractivity contribution < 1.29 is 30.0 Å². The number of hydrogen-bond acceptors (Lipinski definition) is 8. The zero-order valence-electron chi connectivity index (χ0n) is 7.57. The fourth-order valence-corrected chi connectivity index (χ4v) is 0.270. The van der Waals surface area contributed by atoms with E-state index >= 15 is 0 Å². The van der Waals surface area contributed by atoms with Gasteiger partial charge in [0, 0.05) is 0 Å². The van der Waals surface area contributed by atoms with Gasteiger partial charge in [-0.15, -0.1) is 0 Å². The minimum Gasteiger partial charge on any atom is -0.479 e. The first-order valence-electron chi connectivity index (χ1n) is 2.73. The number of carboxylic acid groups (broad SMARTS) is 2. The molecule has 0 rings (SSSR count). The Morgan fingerprint density at radius 3 is 1.27 bits per heavy atom. The standard InChI is InChI=1S/C4H6O6.CHNS.2H3N/c5-1(3(7)8)2(6)4(9)10;2-1-3;;/h1-2,5-6H,(H,7,8)(H,9,10);3H;2*1H3. The quantitative estimate of drug-likeness (QED) is 0.229. The number of carbonyl (C=O) groups is 2. The van der Waals surface area contributed by atoms with Crippen LogP contribution in [0.5, 0.6) is 0 Å². The van der Waals surface area contributed by atoms with Gasteiger partial charge in [-0.1, -0.05) is 12.6 Å². The summed E-state index contributed by atoms with van der Waals surface area (Å²) in [5.74, 6) is -3.54. The number of aliphatic hydroxyl groups excluding tert-OH is 2. The second-order valence-corrected chi connectivity index (χ2v) is 1.87. The first-order chi connectivity index (χ1) is 5.88. The summed E-state index contributed by atoms with van der Waals surface area (Å²) >= 11 is 3.09. The van der Waals surface area contributed by atoms with Crippen molar-refractivity contribution in [3.8, 4) is 5.40 Å². The number of thiol groups is 1. The third-order valence-corrected chi connectivity index (χ3v) is 0.805. The molecule has 0 aromatic carbocycles. The van der Waals surface area contributed by atoms with Crippen LogP contribution in [0.25, 0.3) is 0 Å². The summed E-state index contributed by atoms with van der Waals surface area (Å²) in [6.45, 7) is 0. The molecule has 0 aliphatic rings. The van der Waals surface area contributed by atoms with Crippen molar-refractivity contribution in [3.05, 3.63) is 0 Å². The van der Waals surface area contributed by atoms with Gasteiger partial charge < -0.3 is 32.7 Å². The molecule has 0 aliphatic heterocycles. The van der Waals surface area contributed by atoms with Crippen molar-refractivity contribution >= 4 is 24.6 Å². The smallest absolute Gasteiger partial charge is 0.335 e. The Kier molecular flexibility index (Phi) is 19.7. The lowest BCUT2D eigenvalue weighted by molar-refractivity contribution is -0.165. The minimum atomic E-state index is -2.27. The van der Waals surface area contributed by atoms with Gasteiger partial charge in [-0.3, -0.25) is 0 Å². The molecule has 0 saturated heterocycles. The van der Waals surface area contributed by atoms with Gasteiger partial charge in [-0.25, -0.2) is 9.59 Å². The molecule has 0 aromatic rings. The highest BCUT2D eigenvalue weighted by molar-refractivity contribution is 7.85. The highest BCUT2D eigenvalue weighted by Gasteiger charge is 2.29. The van der Waals surface area contributed by atoms with Gasteiger partial charge in [0.15, 0.2) is 12.2 Å². The molecule has 0 spiro atoms. The SMILES string of the molecule is N.N.N#CS.O=C(O)C(O)C(O)C(=O)O. The van der Waals surface area contributed by atoms with Gasteiger partial charge >= 0.3 is 11.9 Å². The van der Waals surface area contributed by atoms with E-state index in [1.54, 1.807) is 0 Å². The molecular weight excluding hydrogens is 230 g/mol. The third kappa shape index (κ3) is 12.6. The largest absolute Gasteiger partial charge is 0.479 e. The summed E-state index contributed by atoms with van der Waals surface area (Å²) in [5.41, 5.74) is 0. The second kappa shape index (κ2) is 12.6. The van der Waals surface area contributed by atoms with Crippen LogP contribution in [0.3, 0.4) is 0 Å². The van der Waals surface area contributed by atoms with E-state index in [4.69, 9.17) is 25.7 Å². The molecule has 9 nitrogen and oxygen atoms in total. The summed E-state index contributed by atoms with van der Waals surface area (Å²) in [6.07, 6.45) is -4.53. The first-order valence-corrected chi connectivity index (χ1v) is 3.18. The highest BCUT2D eigenvalue weighted by Crippen LogP contribution is 1.92. The van der Waals surface area contributed by atoms with E-state index < -0.39 is 24.1 Å². The number of aliphatic hydroxyl groups is 2. The van der Waals surface area contributed by atoms with Crippen LogP contribution in [0.4, 0.5) is 0 Å². The Hall–Kier alpha value is -1.38. The summed E-state index contributed by atoms with van der Waals surface area (Å²) in [5, 5.41) is 41.2.